The van der Waals surface area contributed by atoms with E-state index in [9.17, 15) is 51.1 Å². The van der Waals surface area contributed by atoms with Crippen molar-refractivity contribution < 1.29 is 98.0 Å². The number of carbonyl (C=O) groups excluding carboxylic acids is 3. The van der Waals surface area contributed by atoms with Crippen LogP contribution in [0.2, 0.25) is 0 Å². The number of carboxylic acids is 1. The Morgan fingerprint density at radius 2 is 0.702 bits per heavy atom. The molecular weight excluding hydrogens is 1810 g/mol. The molecule has 3 N–H and O–H groups in total. The van der Waals surface area contributed by atoms with Gasteiger partial charge in [0.15, 0.2) is 12.6 Å². The van der Waals surface area contributed by atoms with Gasteiger partial charge >= 0.3 is 24.2 Å². The van der Waals surface area contributed by atoms with Gasteiger partial charge in [-0.25, -0.2) is 0 Å². The highest BCUT2D eigenvalue weighted by Gasteiger charge is 2.45. The molecule has 0 aromatic heterocycles. The molecule has 0 radical (unpaired) electrons. The van der Waals surface area contributed by atoms with Gasteiger partial charge in [0, 0.05) is 36.1 Å². The third-order valence-corrected chi connectivity index (χ3v) is 27.6. The maximum absolute atomic E-state index is 14.2. The summed E-state index contributed by atoms with van der Waals surface area (Å²) in [5.41, 5.74) is 16.4. The summed E-state index contributed by atoms with van der Waals surface area (Å²) >= 11 is 0. The summed E-state index contributed by atoms with van der Waals surface area (Å²) in [6.45, 7) is 21.8. The number of Topliss-reactive ketones (excluding diaryl/α,β-unsaturated/α-hetero) is 1. The number of ketones is 1. The molecule has 2 aliphatic rings. The maximum atomic E-state index is 14.2. The van der Waals surface area contributed by atoms with Crippen molar-refractivity contribution in [1.82, 2.24) is 10.6 Å². The summed E-state index contributed by atoms with van der Waals surface area (Å²) in [7, 11) is 0. The van der Waals surface area contributed by atoms with Gasteiger partial charge in [-0.1, -0.05) is 442 Å². The third-order valence-electron chi connectivity index (χ3n) is 27.6. The lowest BCUT2D eigenvalue weighted by Crippen LogP contribution is -2.54. The van der Waals surface area contributed by atoms with Crippen molar-refractivity contribution in [3.8, 4) is 0 Å². The normalized spacial score (nSPS) is 19.4. The number of hydrogen-bond acceptors (Lipinski definition) is 15. The number of ether oxygens (including phenoxy) is 10. The zero-order valence-corrected chi connectivity index (χ0v) is 86.0. The molecule has 6 aromatic carbocycles. The number of benzene rings is 6. The number of carbonyl (C=O) groups is 4. The molecule has 0 aliphatic carbocycles. The van der Waals surface area contributed by atoms with E-state index in [0.717, 1.165) is 123 Å². The van der Waals surface area contributed by atoms with E-state index in [2.05, 4.69) is 144 Å². The van der Waals surface area contributed by atoms with Crippen molar-refractivity contribution in [3.63, 3.8) is 0 Å². The first kappa shape index (κ1) is 122. The van der Waals surface area contributed by atoms with Gasteiger partial charge < -0.3 is 63.1 Å². The van der Waals surface area contributed by atoms with E-state index >= 15 is 0 Å². The van der Waals surface area contributed by atoms with Crippen molar-refractivity contribution in [1.29, 1.82) is 0 Å². The maximum Gasteiger partial charge on any atom is 0.471 e. The number of alkyl halides is 6. The highest BCUT2D eigenvalue weighted by Crippen LogP contribution is 2.39. The molecule has 0 bridgehead atoms. The zero-order chi connectivity index (χ0) is 102. The van der Waals surface area contributed by atoms with Crippen molar-refractivity contribution in [3.05, 3.63) is 226 Å². The average molecular weight is 1980 g/mol. The van der Waals surface area contributed by atoms with E-state index < -0.39 is 79.7 Å². The molecule has 4 unspecified atom stereocenters. The summed E-state index contributed by atoms with van der Waals surface area (Å²) < 4.78 is 138. The van der Waals surface area contributed by atoms with E-state index in [1.54, 1.807) is 0 Å². The minimum Gasteiger partial charge on any atom is -0.481 e. The molecule has 0 saturated carbocycles. The molecule has 2 heterocycles. The molecule has 2 amide bonds. The predicted octanol–water partition coefficient (Wildman–Crippen LogP) is 29.0. The standard InChI is InChI=1S/C62H95F3N2O7.C48H71N3O5.C5H5F3O3/c1-5-6-7-8-9-10-11-12-14-17-20-32-41-56(71-45-53-37-28-24-29-38-53)59(72-46-54-39-30-25-31-40-54)55(67-58(68)42-33-21-18-15-13-16-19-22-34-43-66-61(69)62(63,64)65)47-73-60-51(4)49(2)50(3)57(74-60)48-70-44-52-35-26-23-27-36-52;1-5-6-7-8-9-10-11-12-13-14-15-25-32-45(53-34-42-28-21-17-22-29-42)47(54-35-43-30-23-18-24-31-43)44(50-51-49)36-55-48-40(4)38(2)39(3)46(56-48)37-52-33-41-26-19-16-20-27-41;6-5(7,8)3(9)1-2-4(10)11/h23-31,35-40,49-51,55-57,59-60H,5-22,32-34,41-48H2,1-4H3,(H,66,69)(H,67,68);16-24,26-31,38-40,44-48H,5-15,25,32-37H2,1-4H3;1-2H2,(H,10,11)/t49-,50+,51?,55-,56+,57?,59-,60-;38-,39+,40?,44-,45+,46?,47-,48-;/m00./s1. The number of halogens is 6. The van der Waals surface area contributed by atoms with E-state index in [1.807, 2.05) is 115 Å². The Labute approximate surface area is 839 Å². The van der Waals surface area contributed by atoms with Crippen LogP contribution in [0.1, 0.15) is 333 Å². The Morgan fingerprint density at radius 1 is 0.383 bits per heavy atom. The number of nitrogens with zero attached hydrogens (tertiary/aromatic N) is 3. The van der Waals surface area contributed by atoms with Gasteiger partial charge in [0.25, 0.3) is 0 Å². The van der Waals surface area contributed by atoms with E-state index in [-0.39, 0.29) is 67.8 Å². The van der Waals surface area contributed by atoms with Gasteiger partial charge in [-0.05, 0) is 88.3 Å². The lowest BCUT2D eigenvalue weighted by Gasteiger charge is -2.44. The molecule has 2 aliphatic heterocycles. The Kier molecular flexibility index (Phi) is 63.7. The fraction of sp³-hybridized carbons (Fsp3) is 0.652. The summed E-state index contributed by atoms with van der Waals surface area (Å²) in [6, 6.07) is 60.0. The number of nitrogens with one attached hydrogen (secondary N) is 2. The third kappa shape index (κ3) is 53.0. The highest BCUT2D eigenvalue weighted by molar-refractivity contribution is 5.86. The number of aliphatic carboxylic acids is 1. The van der Waals surface area contributed by atoms with Crippen LogP contribution in [0.15, 0.2) is 187 Å². The summed E-state index contributed by atoms with van der Waals surface area (Å²) in [5, 5.41) is 17.6. The van der Waals surface area contributed by atoms with Crippen LogP contribution in [0.25, 0.3) is 10.4 Å². The van der Waals surface area contributed by atoms with Gasteiger partial charge in [-0.15, -0.1) is 0 Å². The second-order valence-corrected chi connectivity index (χ2v) is 38.9. The first-order valence-electron chi connectivity index (χ1n) is 53.2. The number of amides is 2. The van der Waals surface area contributed by atoms with Crippen LogP contribution in [0.5, 0.6) is 0 Å². The Bertz CT molecular complexity index is 4190. The second kappa shape index (κ2) is 73.9. The molecule has 8 rings (SSSR count). The van der Waals surface area contributed by atoms with Crippen LogP contribution in [-0.4, -0.2) is 135 Å². The molecule has 6 aromatic rings. The van der Waals surface area contributed by atoms with Crippen molar-refractivity contribution in [2.45, 2.75) is 413 Å². The molecule has 2 fully saturated rings. The van der Waals surface area contributed by atoms with Crippen LogP contribution >= 0.6 is 0 Å². The van der Waals surface area contributed by atoms with Gasteiger partial charge in [-0.3, -0.25) is 19.2 Å². The van der Waals surface area contributed by atoms with Crippen LogP contribution in [0.4, 0.5) is 26.3 Å². The molecule has 20 nitrogen and oxygen atoms in total. The minimum absolute atomic E-state index is 0.0333. The molecule has 2 saturated heterocycles. The lowest BCUT2D eigenvalue weighted by molar-refractivity contribution is -0.262. The van der Waals surface area contributed by atoms with Crippen molar-refractivity contribution in [2.75, 3.05) is 33.0 Å². The van der Waals surface area contributed by atoms with Crippen LogP contribution < -0.4 is 10.6 Å². The molecule has 0 spiro atoms. The Hall–Kier alpha value is -8.11. The zero-order valence-electron chi connectivity index (χ0n) is 86.0. The van der Waals surface area contributed by atoms with E-state index in [1.165, 1.54) is 128 Å². The monoisotopic (exact) mass is 1980 g/mol. The highest BCUT2D eigenvalue weighted by atomic mass is 19.4. The predicted molar refractivity (Wildman–Crippen MR) is 546 cm³/mol. The fourth-order valence-corrected chi connectivity index (χ4v) is 18.0. The second-order valence-electron chi connectivity index (χ2n) is 38.9. The Morgan fingerprint density at radius 3 is 1.05 bits per heavy atom. The van der Waals surface area contributed by atoms with Gasteiger partial charge in [0.1, 0.15) is 6.10 Å². The fourth-order valence-electron chi connectivity index (χ4n) is 18.0. The number of hydrogen-bond donors (Lipinski definition) is 3. The van der Waals surface area contributed by atoms with E-state index in [4.69, 9.17) is 52.5 Å². The summed E-state index contributed by atoms with van der Waals surface area (Å²) in [4.78, 5) is 48.2. The molecule has 16 atom stereocenters. The molecule has 788 valence electrons. The number of rotatable bonds is 73. The van der Waals surface area contributed by atoms with Gasteiger partial charge in [0.05, 0.1) is 115 Å². The lowest BCUT2D eigenvalue weighted by atomic mass is 9.79. The average Bonchev–Trinajstić information content (AvgIpc) is 0.813. The van der Waals surface area contributed by atoms with Gasteiger partial charge in [-0.2, -0.15) is 26.3 Å². The quantitative estimate of drug-likeness (QED) is 0.0105. The molecule has 141 heavy (non-hydrogen) atoms. The topological polar surface area (TPSA) is 254 Å². The van der Waals surface area contributed by atoms with Crippen LogP contribution in [-0.2, 0) is 106 Å². The minimum atomic E-state index is -4.91. The smallest absolute Gasteiger partial charge is 0.471 e. The first-order valence-corrected chi connectivity index (χ1v) is 53.2. The Balaban J connectivity index is 0.000000401. The number of carboxylic acid groups (broad SMARTS) is 1. The molecular formula is C115H171F6N5O15. The van der Waals surface area contributed by atoms with E-state index in [0.29, 0.717) is 83.5 Å². The summed E-state index contributed by atoms with van der Waals surface area (Å²) in [6.07, 6.45) is 25.8. The summed E-state index contributed by atoms with van der Waals surface area (Å²) in [5.74, 6) is -3.94. The molecule has 26 heteroatoms. The van der Waals surface area contributed by atoms with Crippen LogP contribution in [0, 0.1) is 35.5 Å². The largest absolute Gasteiger partial charge is 0.481 e. The number of azide groups is 1. The van der Waals surface area contributed by atoms with Crippen molar-refractivity contribution in [2.24, 2.45) is 40.6 Å². The van der Waals surface area contributed by atoms with Gasteiger partial charge in [0.2, 0.25) is 11.7 Å². The SMILES string of the molecule is CCCCCCCCCCCCCC[C@@H](OCc1ccccc1)[C@@H](OCc1ccccc1)[C@H](CO[C@H]1OC(COCc2ccccc2)[C@H](C)[C@H](C)C1C)N=[N+]=[N-].CCCCCCCCCCCCCC[C@@H](OCc1ccccc1)[C@@H](OCc1ccccc1)[C@H](CO[C@H]1OC(COCc2ccccc2)[C@H](C)[C@H](C)C1C)NC(=O)CCCCCCCCCCCNC(=O)C(F)(F)F.O=C(O)CCC(=O)C(F)(F)F. The van der Waals surface area contributed by atoms with Crippen molar-refractivity contribution >= 4 is 23.6 Å². The first-order chi connectivity index (χ1) is 68.3. The van der Waals surface area contributed by atoms with Crippen LogP contribution in [0.3, 0.4) is 0 Å². The number of unbranched alkanes of at least 4 members (excludes halogenated alkanes) is 30.